The molecule has 3 rings (SSSR count). The smallest absolute Gasteiger partial charge is 0.274 e. The number of carbonyl (C=O) groups excluding carboxylic acids is 1. The molecule has 0 saturated carbocycles. The Hall–Kier alpha value is -2.83. The summed E-state index contributed by atoms with van der Waals surface area (Å²) in [6, 6.07) is 13.7. The van der Waals surface area contributed by atoms with Crippen LogP contribution in [0.15, 0.2) is 54.9 Å². The highest BCUT2D eigenvalue weighted by molar-refractivity contribution is 6.35. The average Bonchev–Trinajstić information content (AvgIpc) is 2.65. The summed E-state index contributed by atoms with van der Waals surface area (Å²) in [6.45, 7) is 0. The molecule has 0 spiro atoms. The van der Waals surface area contributed by atoms with Crippen LogP contribution in [-0.4, -0.2) is 23.0 Å². The van der Waals surface area contributed by atoms with E-state index in [-0.39, 0.29) is 5.69 Å². The number of carbonyl (C=O) groups is 1. The van der Waals surface area contributed by atoms with Crippen LogP contribution >= 0.6 is 23.2 Å². The maximum atomic E-state index is 12.4. The van der Waals surface area contributed by atoms with Gasteiger partial charge in [0.2, 0.25) is 0 Å². The number of nitrogens with zero attached hydrogens (tertiary/aromatic N) is 2. The first-order valence-corrected chi connectivity index (χ1v) is 8.30. The zero-order chi connectivity index (χ0) is 18.5. The van der Waals surface area contributed by atoms with Gasteiger partial charge in [-0.15, -0.1) is 0 Å². The summed E-state index contributed by atoms with van der Waals surface area (Å²) in [7, 11) is 1.60. The van der Waals surface area contributed by atoms with Crippen molar-refractivity contribution in [3.63, 3.8) is 0 Å². The summed E-state index contributed by atoms with van der Waals surface area (Å²) in [5.41, 5.74) is 1.40. The fourth-order valence-electron chi connectivity index (χ4n) is 2.15. The van der Waals surface area contributed by atoms with Crippen molar-refractivity contribution in [1.82, 2.24) is 9.97 Å². The summed E-state index contributed by atoms with van der Waals surface area (Å²) >= 11 is 12.0. The Bertz CT molecular complexity index is 933. The first kappa shape index (κ1) is 18.0. The van der Waals surface area contributed by atoms with E-state index in [9.17, 15) is 4.79 Å². The van der Waals surface area contributed by atoms with Crippen LogP contribution in [-0.2, 0) is 0 Å². The molecule has 0 aliphatic rings. The predicted octanol–water partition coefficient (Wildman–Crippen LogP) is 4.79. The van der Waals surface area contributed by atoms with Crippen molar-refractivity contribution in [2.75, 3.05) is 17.7 Å². The van der Waals surface area contributed by atoms with Gasteiger partial charge in [-0.25, -0.2) is 9.97 Å². The third-order valence-corrected chi connectivity index (χ3v) is 4.00. The molecule has 2 N–H and O–H groups in total. The molecular formula is C18H14Cl2N4O2. The molecule has 1 heterocycles. The minimum atomic E-state index is -0.422. The topological polar surface area (TPSA) is 76.1 Å². The second kappa shape index (κ2) is 8.03. The Morgan fingerprint density at radius 1 is 1.04 bits per heavy atom. The largest absolute Gasteiger partial charge is 0.497 e. The van der Waals surface area contributed by atoms with E-state index in [1.807, 2.05) is 24.3 Å². The van der Waals surface area contributed by atoms with Gasteiger partial charge < -0.3 is 15.4 Å². The quantitative estimate of drug-likeness (QED) is 0.656. The fourth-order valence-corrected chi connectivity index (χ4v) is 2.49. The zero-order valence-corrected chi connectivity index (χ0v) is 15.2. The number of hydrogen-bond acceptors (Lipinski definition) is 5. The van der Waals surface area contributed by atoms with Gasteiger partial charge in [-0.05, 0) is 42.5 Å². The minimum absolute atomic E-state index is 0.187. The molecule has 0 atom stereocenters. The van der Waals surface area contributed by atoms with E-state index in [4.69, 9.17) is 27.9 Å². The SMILES string of the molecule is COc1ccc(Nc2cc(C(=O)Nc3cc(Cl)ccc3Cl)ncn2)cc1. The summed E-state index contributed by atoms with van der Waals surface area (Å²) in [6.07, 6.45) is 1.31. The summed E-state index contributed by atoms with van der Waals surface area (Å²) in [5.74, 6) is 0.804. The van der Waals surface area contributed by atoms with Gasteiger partial charge in [0.1, 0.15) is 23.6 Å². The fraction of sp³-hybridized carbons (Fsp3) is 0.0556. The lowest BCUT2D eigenvalue weighted by Gasteiger charge is -2.09. The molecule has 0 fully saturated rings. The zero-order valence-electron chi connectivity index (χ0n) is 13.7. The lowest BCUT2D eigenvalue weighted by atomic mass is 10.3. The highest BCUT2D eigenvalue weighted by Crippen LogP contribution is 2.26. The Labute approximate surface area is 160 Å². The van der Waals surface area contributed by atoms with Gasteiger partial charge in [-0.2, -0.15) is 0 Å². The number of methoxy groups -OCH3 is 1. The molecule has 0 bridgehead atoms. The maximum absolute atomic E-state index is 12.4. The van der Waals surface area contributed by atoms with Gasteiger partial charge in [0.15, 0.2) is 0 Å². The van der Waals surface area contributed by atoms with Crippen LogP contribution in [0.2, 0.25) is 10.0 Å². The Balaban J connectivity index is 1.75. The van der Waals surface area contributed by atoms with Crippen molar-refractivity contribution in [3.05, 3.63) is 70.6 Å². The molecule has 6 nitrogen and oxygen atoms in total. The van der Waals surface area contributed by atoms with Crippen molar-refractivity contribution in [1.29, 1.82) is 0 Å². The summed E-state index contributed by atoms with van der Waals surface area (Å²) in [5, 5.41) is 6.63. The van der Waals surface area contributed by atoms with E-state index in [0.29, 0.717) is 21.6 Å². The number of ether oxygens (including phenoxy) is 1. The molecule has 0 aliphatic carbocycles. The van der Waals surface area contributed by atoms with Gasteiger partial charge in [0.25, 0.3) is 5.91 Å². The number of halogens is 2. The second-order valence-corrected chi connectivity index (χ2v) is 6.06. The number of rotatable bonds is 5. The normalized spacial score (nSPS) is 10.3. The van der Waals surface area contributed by atoms with Crippen LogP contribution in [0.4, 0.5) is 17.2 Å². The molecule has 8 heteroatoms. The van der Waals surface area contributed by atoms with E-state index in [0.717, 1.165) is 11.4 Å². The summed E-state index contributed by atoms with van der Waals surface area (Å²) in [4.78, 5) is 20.5. The van der Waals surface area contributed by atoms with E-state index >= 15 is 0 Å². The van der Waals surface area contributed by atoms with E-state index in [2.05, 4.69) is 20.6 Å². The van der Waals surface area contributed by atoms with Crippen molar-refractivity contribution >= 4 is 46.3 Å². The van der Waals surface area contributed by atoms with Crippen molar-refractivity contribution in [2.24, 2.45) is 0 Å². The minimum Gasteiger partial charge on any atom is -0.497 e. The van der Waals surface area contributed by atoms with Gasteiger partial charge >= 0.3 is 0 Å². The molecule has 0 unspecified atom stereocenters. The lowest BCUT2D eigenvalue weighted by molar-refractivity contribution is 0.102. The van der Waals surface area contributed by atoms with E-state index in [1.165, 1.54) is 12.4 Å². The Morgan fingerprint density at radius 2 is 1.81 bits per heavy atom. The number of amides is 1. The van der Waals surface area contributed by atoms with Crippen LogP contribution in [0.1, 0.15) is 10.5 Å². The number of nitrogens with one attached hydrogen (secondary N) is 2. The van der Waals surface area contributed by atoms with Crippen LogP contribution in [0, 0.1) is 0 Å². The number of anilines is 3. The summed E-state index contributed by atoms with van der Waals surface area (Å²) < 4.78 is 5.12. The van der Waals surface area contributed by atoms with Crippen molar-refractivity contribution in [2.45, 2.75) is 0 Å². The lowest BCUT2D eigenvalue weighted by Crippen LogP contribution is -2.14. The molecule has 1 amide bonds. The first-order chi connectivity index (χ1) is 12.5. The Morgan fingerprint density at radius 3 is 2.54 bits per heavy atom. The molecule has 3 aromatic rings. The third kappa shape index (κ3) is 4.41. The number of benzene rings is 2. The molecule has 2 aromatic carbocycles. The monoisotopic (exact) mass is 388 g/mol. The van der Waals surface area contributed by atoms with Crippen molar-refractivity contribution in [3.8, 4) is 5.75 Å². The maximum Gasteiger partial charge on any atom is 0.274 e. The number of aromatic nitrogens is 2. The van der Waals surface area contributed by atoms with Crippen LogP contribution in [0.25, 0.3) is 0 Å². The highest BCUT2D eigenvalue weighted by Gasteiger charge is 2.12. The predicted molar refractivity (Wildman–Crippen MR) is 103 cm³/mol. The highest BCUT2D eigenvalue weighted by atomic mass is 35.5. The van der Waals surface area contributed by atoms with E-state index < -0.39 is 5.91 Å². The molecule has 0 saturated heterocycles. The molecular weight excluding hydrogens is 375 g/mol. The van der Waals surface area contributed by atoms with Gasteiger partial charge in [-0.3, -0.25) is 4.79 Å². The number of hydrogen-bond donors (Lipinski definition) is 2. The van der Waals surface area contributed by atoms with Gasteiger partial charge in [-0.1, -0.05) is 23.2 Å². The van der Waals surface area contributed by atoms with Crippen LogP contribution in [0.5, 0.6) is 5.75 Å². The molecule has 26 heavy (non-hydrogen) atoms. The van der Waals surface area contributed by atoms with Crippen LogP contribution in [0.3, 0.4) is 0 Å². The standard InChI is InChI=1S/C18H14Cl2N4O2/c1-26-13-5-3-12(4-6-13)23-17-9-16(21-10-22-17)18(25)24-15-8-11(19)2-7-14(15)20/h2-10H,1H3,(H,24,25)(H,21,22,23). The molecule has 0 radical (unpaired) electrons. The van der Waals surface area contributed by atoms with Crippen LogP contribution < -0.4 is 15.4 Å². The van der Waals surface area contributed by atoms with E-state index in [1.54, 1.807) is 25.3 Å². The Kier molecular flexibility index (Phi) is 5.55. The van der Waals surface area contributed by atoms with Crippen molar-refractivity contribution < 1.29 is 9.53 Å². The average molecular weight is 389 g/mol. The second-order valence-electron chi connectivity index (χ2n) is 5.22. The van der Waals surface area contributed by atoms with Gasteiger partial charge in [0.05, 0.1) is 17.8 Å². The molecule has 1 aromatic heterocycles. The molecule has 0 aliphatic heterocycles. The first-order valence-electron chi connectivity index (χ1n) is 7.54. The third-order valence-electron chi connectivity index (χ3n) is 3.44. The molecule has 132 valence electrons. The van der Waals surface area contributed by atoms with Gasteiger partial charge in [0, 0.05) is 16.8 Å².